The summed E-state index contributed by atoms with van der Waals surface area (Å²) in [7, 11) is 1.87. The molecular formula is C17H24FN3S. The van der Waals surface area contributed by atoms with E-state index in [-0.39, 0.29) is 5.82 Å². The number of nitrogens with one attached hydrogen (secondary N) is 1. The van der Waals surface area contributed by atoms with Gasteiger partial charge in [-0.25, -0.2) is 4.39 Å². The Hall–Kier alpha value is -1.62. The molecule has 0 aliphatic carbocycles. The number of piperazine rings is 1. The highest BCUT2D eigenvalue weighted by Crippen LogP contribution is 2.22. The number of anilines is 1. The summed E-state index contributed by atoms with van der Waals surface area (Å²) in [6.45, 7) is 6.47. The maximum atomic E-state index is 13.1. The van der Waals surface area contributed by atoms with Crippen molar-refractivity contribution < 1.29 is 4.39 Å². The van der Waals surface area contributed by atoms with E-state index >= 15 is 0 Å². The van der Waals surface area contributed by atoms with Crippen molar-refractivity contribution >= 4 is 23.0 Å². The molecule has 0 aromatic heterocycles. The Morgan fingerprint density at radius 3 is 2.77 bits per heavy atom. The van der Waals surface area contributed by atoms with Crippen LogP contribution in [-0.4, -0.2) is 42.7 Å². The fourth-order valence-electron chi connectivity index (χ4n) is 2.90. The van der Waals surface area contributed by atoms with E-state index in [2.05, 4.69) is 21.7 Å². The van der Waals surface area contributed by atoms with E-state index in [1.54, 1.807) is 0 Å². The van der Waals surface area contributed by atoms with E-state index in [0.717, 1.165) is 49.7 Å². The number of nitrogens with zero attached hydrogens (tertiary/aromatic N) is 2. The second kappa shape index (κ2) is 8.13. The third-order valence-electron chi connectivity index (χ3n) is 4.09. The number of halogens is 1. The van der Waals surface area contributed by atoms with Crippen molar-refractivity contribution in [1.82, 2.24) is 10.2 Å². The maximum Gasteiger partial charge on any atom is 0.169 e. The number of rotatable bonds is 5. The largest absolute Gasteiger partial charge is 0.368 e. The van der Waals surface area contributed by atoms with E-state index in [4.69, 9.17) is 12.2 Å². The van der Waals surface area contributed by atoms with Crippen molar-refractivity contribution in [2.45, 2.75) is 25.3 Å². The summed E-state index contributed by atoms with van der Waals surface area (Å²) in [6.07, 6.45) is 5.16. The molecule has 0 radical (unpaired) electrons. The Morgan fingerprint density at radius 2 is 2.14 bits per heavy atom. The quantitative estimate of drug-likeness (QED) is 0.510. The lowest BCUT2D eigenvalue weighted by Gasteiger charge is -2.43. The molecule has 1 aliphatic rings. The van der Waals surface area contributed by atoms with Gasteiger partial charge in [0.05, 0.1) is 0 Å². The second-order valence-electron chi connectivity index (χ2n) is 5.54. The molecule has 120 valence electrons. The number of unbranched alkanes of at least 4 members (excludes halogenated alkanes) is 1. The van der Waals surface area contributed by atoms with Gasteiger partial charge in [-0.05, 0) is 55.7 Å². The topological polar surface area (TPSA) is 18.5 Å². The van der Waals surface area contributed by atoms with Gasteiger partial charge in [0, 0.05) is 38.4 Å². The van der Waals surface area contributed by atoms with Gasteiger partial charge >= 0.3 is 0 Å². The highest BCUT2D eigenvalue weighted by Gasteiger charge is 2.28. The van der Waals surface area contributed by atoms with Crippen molar-refractivity contribution in [2.24, 2.45) is 0 Å². The van der Waals surface area contributed by atoms with Gasteiger partial charge in [0.2, 0.25) is 0 Å². The highest BCUT2D eigenvalue weighted by molar-refractivity contribution is 7.80. The smallest absolute Gasteiger partial charge is 0.169 e. The molecule has 0 amide bonds. The minimum atomic E-state index is -0.193. The molecule has 5 heteroatoms. The first-order chi connectivity index (χ1) is 10.7. The monoisotopic (exact) mass is 321 g/mol. The molecule has 3 nitrogen and oxygen atoms in total. The van der Waals surface area contributed by atoms with Crippen LogP contribution in [0.25, 0.3) is 0 Å². The lowest BCUT2D eigenvalue weighted by Crippen LogP contribution is -2.57. The average Bonchev–Trinajstić information content (AvgIpc) is 2.55. The van der Waals surface area contributed by atoms with Gasteiger partial charge in [-0.3, -0.25) is 0 Å². The van der Waals surface area contributed by atoms with Gasteiger partial charge in [0.15, 0.2) is 5.11 Å². The first-order valence-electron chi connectivity index (χ1n) is 7.75. The average molecular weight is 321 g/mol. The molecule has 1 unspecified atom stereocenters. The van der Waals surface area contributed by atoms with Crippen molar-refractivity contribution in [2.75, 3.05) is 31.6 Å². The number of allylic oxidation sites excluding steroid dienone is 1. The van der Waals surface area contributed by atoms with E-state index in [1.165, 1.54) is 12.1 Å². The molecule has 1 aliphatic heterocycles. The summed E-state index contributed by atoms with van der Waals surface area (Å²) >= 11 is 5.43. The predicted octanol–water partition coefficient (Wildman–Crippen LogP) is 3.18. The number of thiocarbonyl (C=S) groups is 1. The fraction of sp³-hybridized carbons (Fsp3) is 0.471. The van der Waals surface area contributed by atoms with Crippen molar-refractivity contribution in [3.05, 3.63) is 42.7 Å². The van der Waals surface area contributed by atoms with Crippen LogP contribution in [0.4, 0.5) is 10.1 Å². The summed E-state index contributed by atoms with van der Waals surface area (Å²) in [4.78, 5) is 4.59. The fourth-order valence-corrected chi connectivity index (χ4v) is 3.14. The number of benzene rings is 1. The molecule has 0 bridgehead atoms. The zero-order chi connectivity index (χ0) is 15.9. The minimum Gasteiger partial charge on any atom is -0.368 e. The molecular weight excluding hydrogens is 297 g/mol. The third-order valence-corrected chi connectivity index (χ3v) is 4.53. The second-order valence-corrected chi connectivity index (χ2v) is 5.93. The lowest BCUT2D eigenvalue weighted by molar-refractivity contribution is 0.262. The van der Waals surface area contributed by atoms with E-state index in [1.807, 2.05) is 25.3 Å². The SMILES string of the molecule is C=CCCCC1CN(c2ccc(F)cc2)CCN1C(=S)NC. The highest BCUT2D eigenvalue weighted by atomic mass is 32.1. The lowest BCUT2D eigenvalue weighted by atomic mass is 10.0. The van der Waals surface area contributed by atoms with Crippen LogP contribution >= 0.6 is 12.2 Å². The third kappa shape index (κ3) is 4.19. The van der Waals surface area contributed by atoms with Gasteiger partial charge in [-0.2, -0.15) is 0 Å². The van der Waals surface area contributed by atoms with Crippen LogP contribution in [0.5, 0.6) is 0 Å². The summed E-state index contributed by atoms with van der Waals surface area (Å²) in [5.41, 5.74) is 1.07. The van der Waals surface area contributed by atoms with Crippen molar-refractivity contribution in [3.8, 4) is 0 Å². The summed E-state index contributed by atoms with van der Waals surface area (Å²) in [5.74, 6) is -0.193. The minimum absolute atomic E-state index is 0.193. The zero-order valence-electron chi connectivity index (χ0n) is 13.1. The van der Waals surface area contributed by atoms with Crippen LogP contribution in [0.3, 0.4) is 0 Å². The Labute approximate surface area is 137 Å². The van der Waals surface area contributed by atoms with Crippen LogP contribution in [0, 0.1) is 5.82 Å². The van der Waals surface area contributed by atoms with Crippen molar-refractivity contribution in [3.63, 3.8) is 0 Å². The maximum absolute atomic E-state index is 13.1. The normalized spacial score (nSPS) is 18.2. The van der Waals surface area contributed by atoms with Gasteiger partial charge in [-0.1, -0.05) is 6.08 Å². The van der Waals surface area contributed by atoms with Gasteiger partial charge < -0.3 is 15.1 Å². The Bertz CT molecular complexity index is 503. The molecule has 1 heterocycles. The number of hydrogen-bond donors (Lipinski definition) is 1. The number of hydrogen-bond acceptors (Lipinski definition) is 2. The summed E-state index contributed by atoms with van der Waals surface area (Å²) in [6, 6.07) is 7.11. The van der Waals surface area contributed by atoms with Crippen LogP contribution in [0.1, 0.15) is 19.3 Å². The van der Waals surface area contributed by atoms with Crippen LogP contribution in [0.15, 0.2) is 36.9 Å². The first kappa shape index (κ1) is 16.7. The molecule has 22 heavy (non-hydrogen) atoms. The summed E-state index contributed by atoms with van der Waals surface area (Å²) < 4.78 is 13.1. The molecule has 0 spiro atoms. The van der Waals surface area contributed by atoms with Gasteiger partial charge in [-0.15, -0.1) is 6.58 Å². The molecule has 1 aromatic rings. The van der Waals surface area contributed by atoms with Crippen LogP contribution < -0.4 is 10.2 Å². The Morgan fingerprint density at radius 1 is 1.41 bits per heavy atom. The van der Waals surface area contributed by atoms with Crippen LogP contribution in [-0.2, 0) is 0 Å². The molecule has 1 fully saturated rings. The zero-order valence-corrected chi connectivity index (χ0v) is 13.9. The molecule has 1 atom stereocenters. The van der Waals surface area contributed by atoms with E-state index in [9.17, 15) is 4.39 Å². The van der Waals surface area contributed by atoms with Crippen LogP contribution in [0.2, 0.25) is 0 Å². The van der Waals surface area contributed by atoms with Gasteiger partial charge in [0.25, 0.3) is 0 Å². The van der Waals surface area contributed by atoms with E-state index < -0.39 is 0 Å². The molecule has 1 saturated heterocycles. The molecule has 1 aromatic carbocycles. The predicted molar refractivity (Wildman–Crippen MR) is 94.8 cm³/mol. The van der Waals surface area contributed by atoms with Crippen molar-refractivity contribution in [1.29, 1.82) is 0 Å². The standard InChI is InChI=1S/C17H24FN3S/c1-3-4-5-6-16-13-20(11-12-21(16)17(22)19-2)15-9-7-14(18)8-10-15/h3,7-10,16H,1,4-6,11-13H2,2H3,(H,19,22). The Kier molecular flexibility index (Phi) is 6.19. The first-order valence-corrected chi connectivity index (χ1v) is 8.16. The molecule has 0 saturated carbocycles. The summed E-state index contributed by atoms with van der Waals surface area (Å²) in [5, 5.41) is 3.89. The molecule has 1 N–H and O–H groups in total. The van der Waals surface area contributed by atoms with E-state index in [0.29, 0.717) is 6.04 Å². The Balaban J connectivity index is 2.06. The van der Waals surface area contributed by atoms with Gasteiger partial charge in [0.1, 0.15) is 5.82 Å². The molecule has 2 rings (SSSR count).